The van der Waals surface area contributed by atoms with Gasteiger partial charge in [0.15, 0.2) is 0 Å². The van der Waals surface area contributed by atoms with E-state index in [1.54, 1.807) is 29.1 Å². The zero-order chi connectivity index (χ0) is 16.5. The van der Waals surface area contributed by atoms with E-state index in [1.165, 1.54) is 0 Å². The quantitative estimate of drug-likeness (QED) is 0.601. The molecule has 120 valence electrons. The molecular weight excluding hydrogens is 322 g/mol. The number of para-hydroxylation sites is 2. The normalized spacial score (nSPS) is 11.0. The molecule has 24 heavy (non-hydrogen) atoms. The molecule has 0 saturated carbocycles. The first-order valence-corrected chi connectivity index (χ1v) is 8.38. The molecule has 0 atom stereocenters. The first-order chi connectivity index (χ1) is 11.7. The first-order valence-electron chi connectivity index (χ1n) is 7.50. The van der Waals surface area contributed by atoms with Gasteiger partial charge in [0.2, 0.25) is 0 Å². The molecule has 1 aromatic carbocycles. The van der Waals surface area contributed by atoms with Crippen LogP contribution in [0.15, 0.2) is 47.8 Å². The highest BCUT2D eigenvalue weighted by Crippen LogP contribution is 2.23. The predicted molar refractivity (Wildman–Crippen MR) is 93.8 cm³/mol. The zero-order valence-corrected chi connectivity index (χ0v) is 13.8. The molecule has 3 aromatic heterocycles. The van der Waals surface area contributed by atoms with Gasteiger partial charge in [-0.25, -0.2) is 4.98 Å². The van der Waals surface area contributed by atoms with Crippen molar-refractivity contribution in [2.45, 2.75) is 6.54 Å². The minimum Gasteiger partial charge on any atom is -0.343 e. The monoisotopic (exact) mass is 337 g/mol. The maximum Gasteiger partial charge on any atom is 0.269 e. The van der Waals surface area contributed by atoms with Crippen LogP contribution < -0.4 is 5.32 Å². The second-order valence-corrected chi connectivity index (χ2v) is 6.35. The van der Waals surface area contributed by atoms with Crippen LogP contribution in [0.1, 0.15) is 16.3 Å². The summed E-state index contributed by atoms with van der Waals surface area (Å²) in [5.74, 6) is 0.554. The molecule has 0 radical (unpaired) electrons. The SMILES string of the molecule is Cn1nc(-c2cccs2)cc1C(=O)NCc1nc2ccccc2[nH]1. The van der Waals surface area contributed by atoms with E-state index < -0.39 is 0 Å². The summed E-state index contributed by atoms with van der Waals surface area (Å²) >= 11 is 1.60. The van der Waals surface area contributed by atoms with Crippen molar-refractivity contribution >= 4 is 28.3 Å². The molecule has 2 N–H and O–H groups in total. The van der Waals surface area contributed by atoms with Crippen molar-refractivity contribution in [3.8, 4) is 10.6 Å². The van der Waals surface area contributed by atoms with E-state index in [2.05, 4.69) is 20.4 Å². The number of nitrogens with one attached hydrogen (secondary N) is 2. The van der Waals surface area contributed by atoms with E-state index in [4.69, 9.17) is 0 Å². The van der Waals surface area contributed by atoms with Gasteiger partial charge in [0, 0.05) is 7.05 Å². The number of carbonyl (C=O) groups excluding carboxylic acids is 1. The second-order valence-electron chi connectivity index (χ2n) is 5.40. The number of thiophene rings is 1. The summed E-state index contributed by atoms with van der Waals surface area (Å²) in [7, 11) is 1.77. The lowest BCUT2D eigenvalue weighted by atomic mass is 10.3. The Morgan fingerprint density at radius 1 is 1.29 bits per heavy atom. The number of imidazole rings is 1. The van der Waals surface area contributed by atoms with Crippen molar-refractivity contribution in [3.63, 3.8) is 0 Å². The molecule has 0 spiro atoms. The van der Waals surface area contributed by atoms with Crippen LogP contribution in [0.25, 0.3) is 21.6 Å². The summed E-state index contributed by atoms with van der Waals surface area (Å²) in [4.78, 5) is 21.1. The Labute approximate surface area is 142 Å². The van der Waals surface area contributed by atoms with Crippen LogP contribution in [0.3, 0.4) is 0 Å². The second kappa shape index (κ2) is 5.93. The Morgan fingerprint density at radius 3 is 2.96 bits per heavy atom. The van der Waals surface area contributed by atoms with Crippen molar-refractivity contribution in [1.29, 1.82) is 0 Å². The Bertz CT molecular complexity index is 966. The van der Waals surface area contributed by atoms with Gasteiger partial charge in [-0.1, -0.05) is 18.2 Å². The molecule has 0 aliphatic heterocycles. The smallest absolute Gasteiger partial charge is 0.269 e. The Morgan fingerprint density at radius 2 is 2.17 bits per heavy atom. The van der Waals surface area contributed by atoms with Crippen LogP contribution in [0.4, 0.5) is 0 Å². The molecule has 7 heteroatoms. The molecule has 0 saturated heterocycles. The van der Waals surface area contributed by atoms with Gasteiger partial charge in [0.25, 0.3) is 5.91 Å². The van der Waals surface area contributed by atoms with Crippen molar-refractivity contribution < 1.29 is 4.79 Å². The van der Waals surface area contributed by atoms with Crippen LogP contribution in [0, 0.1) is 0 Å². The summed E-state index contributed by atoms with van der Waals surface area (Å²) in [6, 6.07) is 13.5. The van der Waals surface area contributed by atoms with Crippen molar-refractivity contribution in [2.24, 2.45) is 7.05 Å². The topological polar surface area (TPSA) is 75.6 Å². The van der Waals surface area contributed by atoms with Crippen LogP contribution in [-0.2, 0) is 13.6 Å². The highest BCUT2D eigenvalue weighted by molar-refractivity contribution is 7.13. The Balaban J connectivity index is 1.50. The minimum absolute atomic E-state index is 0.173. The predicted octanol–water partition coefficient (Wildman–Crippen LogP) is 2.95. The van der Waals surface area contributed by atoms with Gasteiger partial charge < -0.3 is 10.3 Å². The fourth-order valence-electron chi connectivity index (χ4n) is 2.57. The lowest BCUT2D eigenvalue weighted by Crippen LogP contribution is -2.25. The fourth-order valence-corrected chi connectivity index (χ4v) is 3.25. The van der Waals surface area contributed by atoms with Crippen LogP contribution >= 0.6 is 11.3 Å². The Hall–Kier alpha value is -2.93. The summed E-state index contributed by atoms with van der Waals surface area (Å²) < 4.78 is 1.60. The lowest BCUT2D eigenvalue weighted by molar-refractivity contribution is 0.0940. The van der Waals surface area contributed by atoms with Gasteiger partial charge in [-0.2, -0.15) is 5.10 Å². The Kier molecular flexibility index (Phi) is 3.62. The van der Waals surface area contributed by atoms with Gasteiger partial charge in [0.05, 0.1) is 22.5 Å². The van der Waals surface area contributed by atoms with Crippen LogP contribution in [-0.4, -0.2) is 25.7 Å². The van der Waals surface area contributed by atoms with E-state index >= 15 is 0 Å². The third-order valence-corrected chi connectivity index (χ3v) is 4.63. The molecule has 0 bridgehead atoms. The number of carbonyl (C=O) groups is 1. The summed E-state index contributed by atoms with van der Waals surface area (Å²) in [6.07, 6.45) is 0. The van der Waals surface area contributed by atoms with Crippen molar-refractivity contribution in [3.05, 3.63) is 59.4 Å². The maximum absolute atomic E-state index is 12.4. The molecule has 4 rings (SSSR count). The molecular formula is C17H15N5OS. The average molecular weight is 337 g/mol. The molecule has 3 heterocycles. The molecule has 0 unspecified atom stereocenters. The van der Waals surface area contributed by atoms with Gasteiger partial charge in [-0.15, -0.1) is 11.3 Å². The zero-order valence-electron chi connectivity index (χ0n) is 13.0. The fraction of sp³-hybridized carbons (Fsp3) is 0.118. The number of amides is 1. The number of H-pyrrole nitrogens is 1. The lowest BCUT2D eigenvalue weighted by Gasteiger charge is -2.02. The number of rotatable bonds is 4. The van der Waals surface area contributed by atoms with E-state index in [9.17, 15) is 4.79 Å². The molecule has 0 aliphatic carbocycles. The number of hydrogen-bond acceptors (Lipinski definition) is 4. The van der Waals surface area contributed by atoms with Gasteiger partial charge >= 0.3 is 0 Å². The highest BCUT2D eigenvalue weighted by atomic mass is 32.1. The highest BCUT2D eigenvalue weighted by Gasteiger charge is 2.15. The van der Waals surface area contributed by atoms with Gasteiger partial charge in [0.1, 0.15) is 17.2 Å². The molecule has 0 fully saturated rings. The number of aromatic nitrogens is 4. The minimum atomic E-state index is -0.173. The standard InChI is InChI=1S/C17H15N5OS/c1-22-14(9-13(21-22)15-7-4-8-24-15)17(23)18-10-16-19-11-5-2-3-6-12(11)20-16/h2-9H,10H2,1H3,(H,18,23)(H,19,20). The van der Waals surface area contributed by atoms with Crippen LogP contribution in [0.5, 0.6) is 0 Å². The van der Waals surface area contributed by atoms with E-state index in [-0.39, 0.29) is 5.91 Å². The molecule has 4 aromatic rings. The van der Waals surface area contributed by atoms with E-state index in [1.807, 2.05) is 41.8 Å². The number of benzene rings is 1. The van der Waals surface area contributed by atoms with E-state index in [0.717, 1.165) is 27.4 Å². The molecule has 6 nitrogen and oxygen atoms in total. The van der Waals surface area contributed by atoms with Gasteiger partial charge in [-0.05, 0) is 29.6 Å². The average Bonchev–Trinajstić information content (AvgIpc) is 3.31. The van der Waals surface area contributed by atoms with Crippen molar-refractivity contribution in [1.82, 2.24) is 25.1 Å². The third-order valence-electron chi connectivity index (χ3n) is 3.74. The molecule has 0 aliphatic rings. The number of fused-ring (bicyclic) bond motifs is 1. The van der Waals surface area contributed by atoms with Gasteiger partial charge in [-0.3, -0.25) is 9.48 Å². The number of aromatic amines is 1. The van der Waals surface area contributed by atoms with E-state index in [0.29, 0.717) is 12.2 Å². The molecule has 1 amide bonds. The summed E-state index contributed by atoms with van der Waals surface area (Å²) in [5.41, 5.74) is 3.18. The first kappa shape index (κ1) is 14.6. The largest absolute Gasteiger partial charge is 0.343 e. The number of aryl methyl sites for hydroxylation is 1. The summed E-state index contributed by atoms with van der Waals surface area (Å²) in [6.45, 7) is 0.340. The van der Waals surface area contributed by atoms with Crippen LogP contribution in [0.2, 0.25) is 0 Å². The number of hydrogen-bond donors (Lipinski definition) is 2. The third kappa shape index (κ3) is 2.69. The maximum atomic E-state index is 12.4. The summed E-state index contributed by atoms with van der Waals surface area (Å²) in [5, 5.41) is 9.28. The number of nitrogens with zero attached hydrogens (tertiary/aromatic N) is 3. The van der Waals surface area contributed by atoms with Crippen molar-refractivity contribution in [2.75, 3.05) is 0 Å².